The lowest BCUT2D eigenvalue weighted by atomic mass is 10.1. The van der Waals surface area contributed by atoms with E-state index in [-0.39, 0.29) is 11.7 Å². The normalized spacial score (nSPS) is 19.5. The lowest BCUT2D eigenvalue weighted by Gasteiger charge is -2.21. The Morgan fingerprint density at radius 1 is 1.50 bits per heavy atom. The molecule has 0 spiro atoms. The number of phenols is 1. The fraction of sp³-hybridized carbons (Fsp3) is 0.462. The van der Waals surface area contributed by atoms with E-state index in [0.717, 1.165) is 10.1 Å². The SMILES string of the molecule is O=C(NCC1CCCCS1)c1ccc(I)c(O)c1. The van der Waals surface area contributed by atoms with Crippen molar-refractivity contribution < 1.29 is 9.90 Å². The summed E-state index contributed by atoms with van der Waals surface area (Å²) in [6.07, 6.45) is 3.74. The van der Waals surface area contributed by atoms with E-state index in [1.165, 1.54) is 31.1 Å². The molecule has 1 aromatic carbocycles. The minimum Gasteiger partial charge on any atom is -0.507 e. The van der Waals surface area contributed by atoms with Gasteiger partial charge in [0.05, 0.1) is 3.57 Å². The molecule has 2 N–H and O–H groups in total. The van der Waals surface area contributed by atoms with Crippen molar-refractivity contribution in [3.05, 3.63) is 27.3 Å². The first-order valence-corrected chi connectivity index (χ1v) is 8.18. The molecule has 1 aliphatic rings. The molecule has 0 radical (unpaired) electrons. The standard InChI is InChI=1S/C13H16INO2S/c14-11-5-4-9(7-12(11)16)13(17)15-8-10-3-1-2-6-18-10/h4-5,7,10,16H,1-3,6,8H2,(H,15,17). The largest absolute Gasteiger partial charge is 0.507 e. The maximum Gasteiger partial charge on any atom is 0.251 e. The van der Waals surface area contributed by atoms with E-state index in [0.29, 0.717) is 10.8 Å². The van der Waals surface area contributed by atoms with E-state index in [1.54, 1.807) is 12.1 Å². The zero-order chi connectivity index (χ0) is 13.0. The Labute approximate surface area is 125 Å². The number of halogens is 1. The van der Waals surface area contributed by atoms with Crippen LogP contribution in [0.3, 0.4) is 0 Å². The highest BCUT2D eigenvalue weighted by molar-refractivity contribution is 14.1. The van der Waals surface area contributed by atoms with E-state index in [4.69, 9.17) is 0 Å². The number of benzene rings is 1. The fourth-order valence-electron chi connectivity index (χ4n) is 1.93. The Morgan fingerprint density at radius 3 is 3.00 bits per heavy atom. The minimum atomic E-state index is -0.104. The van der Waals surface area contributed by atoms with Crippen molar-refractivity contribution in [2.45, 2.75) is 24.5 Å². The molecule has 3 nitrogen and oxygen atoms in total. The number of rotatable bonds is 3. The molecule has 0 bridgehead atoms. The van der Waals surface area contributed by atoms with Crippen LogP contribution in [0, 0.1) is 3.57 Å². The van der Waals surface area contributed by atoms with Crippen molar-refractivity contribution in [1.82, 2.24) is 5.32 Å². The minimum absolute atomic E-state index is 0.104. The van der Waals surface area contributed by atoms with Crippen molar-refractivity contribution in [1.29, 1.82) is 0 Å². The first-order valence-electron chi connectivity index (χ1n) is 6.05. The third kappa shape index (κ3) is 3.78. The number of carbonyl (C=O) groups excluding carboxylic acids is 1. The number of nitrogens with one attached hydrogen (secondary N) is 1. The van der Waals surface area contributed by atoms with Gasteiger partial charge in [-0.15, -0.1) is 0 Å². The molecular weight excluding hydrogens is 361 g/mol. The predicted octanol–water partition coefficient (Wildman–Crippen LogP) is 3.01. The molecule has 0 saturated carbocycles. The fourth-order valence-corrected chi connectivity index (χ4v) is 3.51. The summed E-state index contributed by atoms with van der Waals surface area (Å²) in [5.41, 5.74) is 0.522. The van der Waals surface area contributed by atoms with Gasteiger partial charge in [-0.05, 0) is 59.4 Å². The monoisotopic (exact) mass is 377 g/mol. The molecular formula is C13H16INO2S. The summed E-state index contributed by atoms with van der Waals surface area (Å²) in [5.74, 6) is 1.26. The third-order valence-electron chi connectivity index (χ3n) is 2.97. The van der Waals surface area contributed by atoms with Crippen LogP contribution in [0.15, 0.2) is 18.2 Å². The van der Waals surface area contributed by atoms with Gasteiger partial charge in [0.2, 0.25) is 0 Å². The molecule has 1 amide bonds. The number of hydrogen-bond acceptors (Lipinski definition) is 3. The average molecular weight is 377 g/mol. The molecule has 1 atom stereocenters. The summed E-state index contributed by atoms with van der Waals surface area (Å²) in [6.45, 7) is 0.719. The molecule has 1 aliphatic heterocycles. The van der Waals surface area contributed by atoms with Crippen molar-refractivity contribution >= 4 is 40.3 Å². The molecule has 98 valence electrons. The van der Waals surface area contributed by atoms with Crippen molar-refractivity contribution in [2.24, 2.45) is 0 Å². The van der Waals surface area contributed by atoms with Crippen LogP contribution in [0.4, 0.5) is 0 Å². The van der Waals surface area contributed by atoms with Gasteiger partial charge in [-0.3, -0.25) is 4.79 Å². The lowest BCUT2D eigenvalue weighted by molar-refractivity contribution is 0.0953. The van der Waals surface area contributed by atoms with Crippen LogP contribution in [0.25, 0.3) is 0 Å². The van der Waals surface area contributed by atoms with Crippen molar-refractivity contribution in [2.75, 3.05) is 12.3 Å². The lowest BCUT2D eigenvalue weighted by Crippen LogP contribution is -2.31. The number of phenolic OH excluding ortho intramolecular Hbond substituents is 1. The number of amides is 1. The van der Waals surface area contributed by atoms with Gasteiger partial charge in [0.25, 0.3) is 5.91 Å². The van der Waals surface area contributed by atoms with Gasteiger partial charge >= 0.3 is 0 Å². The van der Waals surface area contributed by atoms with E-state index in [2.05, 4.69) is 5.32 Å². The Balaban J connectivity index is 1.88. The van der Waals surface area contributed by atoms with E-state index in [9.17, 15) is 9.90 Å². The smallest absolute Gasteiger partial charge is 0.251 e. The highest BCUT2D eigenvalue weighted by Gasteiger charge is 2.15. The second-order valence-electron chi connectivity index (χ2n) is 4.36. The first-order chi connectivity index (χ1) is 8.66. The van der Waals surface area contributed by atoms with Gasteiger partial charge in [0, 0.05) is 17.4 Å². The Kier molecular flexibility index (Phi) is 5.17. The number of thioether (sulfide) groups is 1. The Morgan fingerprint density at radius 2 is 2.33 bits per heavy atom. The van der Waals surface area contributed by atoms with E-state index >= 15 is 0 Å². The first kappa shape index (κ1) is 14.0. The van der Waals surface area contributed by atoms with Crippen LogP contribution in [-0.4, -0.2) is 28.6 Å². The summed E-state index contributed by atoms with van der Waals surface area (Å²) in [6, 6.07) is 5.01. The molecule has 1 unspecified atom stereocenters. The van der Waals surface area contributed by atoms with Crippen LogP contribution in [0.1, 0.15) is 29.6 Å². The van der Waals surface area contributed by atoms with Gasteiger partial charge in [-0.25, -0.2) is 0 Å². The quantitative estimate of drug-likeness (QED) is 0.797. The summed E-state index contributed by atoms with van der Waals surface area (Å²) in [5, 5.41) is 13.1. The maximum atomic E-state index is 11.9. The zero-order valence-electron chi connectivity index (χ0n) is 9.99. The Bertz CT molecular complexity index is 433. The molecule has 1 saturated heterocycles. The van der Waals surface area contributed by atoms with Crippen LogP contribution in [-0.2, 0) is 0 Å². The molecule has 1 heterocycles. The van der Waals surface area contributed by atoms with Gasteiger partial charge in [-0.1, -0.05) is 6.42 Å². The summed E-state index contributed by atoms with van der Waals surface area (Å²) < 4.78 is 0.756. The number of hydrogen-bond donors (Lipinski definition) is 2. The molecule has 1 fully saturated rings. The highest BCUT2D eigenvalue weighted by atomic mass is 127. The maximum absolute atomic E-state index is 11.9. The molecule has 18 heavy (non-hydrogen) atoms. The van der Waals surface area contributed by atoms with Gasteiger partial charge in [-0.2, -0.15) is 11.8 Å². The van der Waals surface area contributed by atoms with Crippen LogP contribution < -0.4 is 5.32 Å². The van der Waals surface area contributed by atoms with Crippen molar-refractivity contribution in [3.8, 4) is 5.75 Å². The predicted molar refractivity (Wildman–Crippen MR) is 83.3 cm³/mol. The van der Waals surface area contributed by atoms with Crippen LogP contribution >= 0.6 is 34.4 Å². The summed E-state index contributed by atoms with van der Waals surface area (Å²) in [7, 11) is 0. The van der Waals surface area contributed by atoms with E-state index < -0.39 is 0 Å². The highest BCUT2D eigenvalue weighted by Crippen LogP contribution is 2.24. The molecule has 5 heteroatoms. The van der Waals surface area contributed by atoms with Crippen LogP contribution in [0.5, 0.6) is 5.75 Å². The van der Waals surface area contributed by atoms with Crippen LogP contribution in [0.2, 0.25) is 0 Å². The third-order valence-corrected chi connectivity index (χ3v) is 5.28. The summed E-state index contributed by atoms with van der Waals surface area (Å²) >= 11 is 3.98. The average Bonchev–Trinajstić information content (AvgIpc) is 2.40. The second kappa shape index (κ2) is 6.65. The van der Waals surface area contributed by atoms with Gasteiger partial charge in [0.1, 0.15) is 5.75 Å². The van der Waals surface area contributed by atoms with Crippen molar-refractivity contribution in [3.63, 3.8) is 0 Å². The van der Waals surface area contributed by atoms with Gasteiger partial charge in [0.15, 0.2) is 0 Å². The Hall–Kier alpha value is -0.430. The molecule has 0 aromatic heterocycles. The number of carbonyl (C=O) groups is 1. The zero-order valence-corrected chi connectivity index (χ0v) is 13.0. The summed E-state index contributed by atoms with van der Waals surface area (Å²) in [4.78, 5) is 11.9. The topological polar surface area (TPSA) is 49.3 Å². The molecule has 2 rings (SSSR count). The second-order valence-corrected chi connectivity index (χ2v) is 6.94. The number of aromatic hydroxyl groups is 1. The molecule has 1 aromatic rings. The molecule has 0 aliphatic carbocycles. The van der Waals surface area contributed by atoms with Gasteiger partial charge < -0.3 is 10.4 Å². The van der Waals surface area contributed by atoms with E-state index in [1.807, 2.05) is 34.4 Å².